The zero-order valence-electron chi connectivity index (χ0n) is 20.3. The molecule has 0 spiro atoms. The van der Waals surface area contributed by atoms with Crippen molar-refractivity contribution in [3.05, 3.63) is 22.5 Å². The molecule has 3 atom stereocenters. The molecule has 36 heavy (non-hydrogen) atoms. The molecule has 1 fully saturated rings. The van der Waals surface area contributed by atoms with E-state index in [1.165, 1.54) is 36.1 Å². The fourth-order valence-electron chi connectivity index (χ4n) is 3.53. The average Bonchev–Trinajstić information content (AvgIpc) is 3.23. The standard InChI is InChI=1S/C21H27N5O8S2/c1-9(14(27)21(2,3)4)33-20(30)34-17-10(6-32-5)7-35-18-13(16(29)26(17)18)24-15(28)12(25-31)11-8-36-19(22)23-11/h8-9,13,18,31H,6-7H2,1-5H3,(H2,22,23)(H,24,28)/b25-12-/t9?,13?,18-/m0/s1. The zero-order valence-corrected chi connectivity index (χ0v) is 21.9. The van der Waals surface area contributed by atoms with Crippen molar-refractivity contribution in [3.63, 3.8) is 0 Å². The van der Waals surface area contributed by atoms with Gasteiger partial charge in [-0.25, -0.2) is 9.78 Å². The molecule has 2 amide bonds. The van der Waals surface area contributed by atoms with Crippen molar-refractivity contribution < 1.29 is 38.6 Å². The Morgan fingerprint density at radius 2 is 2.08 bits per heavy atom. The number of nitrogens with two attached hydrogens (primary N) is 1. The summed E-state index contributed by atoms with van der Waals surface area (Å²) in [7, 11) is 1.45. The number of hydrogen-bond donors (Lipinski definition) is 3. The Morgan fingerprint density at radius 1 is 1.39 bits per heavy atom. The Labute approximate surface area is 215 Å². The maximum Gasteiger partial charge on any atom is 0.515 e. The van der Waals surface area contributed by atoms with Gasteiger partial charge in [0.25, 0.3) is 11.8 Å². The summed E-state index contributed by atoms with van der Waals surface area (Å²) >= 11 is 2.37. The number of Topliss-reactive ketones (excluding diaryl/α,β-unsaturated/α-hetero) is 1. The number of aromatic nitrogens is 1. The van der Waals surface area contributed by atoms with Gasteiger partial charge in [-0.2, -0.15) is 0 Å². The molecule has 15 heteroatoms. The summed E-state index contributed by atoms with van der Waals surface area (Å²) in [5.41, 5.74) is 5.01. The van der Waals surface area contributed by atoms with Crippen molar-refractivity contribution in [1.29, 1.82) is 0 Å². The number of ketones is 1. The molecular weight excluding hydrogens is 514 g/mol. The molecule has 1 aromatic heterocycles. The van der Waals surface area contributed by atoms with Crippen LogP contribution in [-0.2, 0) is 28.6 Å². The molecule has 2 aliphatic heterocycles. The van der Waals surface area contributed by atoms with Crippen LogP contribution in [-0.4, -0.2) is 81.5 Å². The molecule has 2 unspecified atom stereocenters. The molecule has 2 aliphatic rings. The third-order valence-electron chi connectivity index (χ3n) is 5.24. The second-order valence-corrected chi connectivity index (χ2v) is 10.9. The lowest BCUT2D eigenvalue weighted by Crippen LogP contribution is -2.70. The number of hydrogen-bond acceptors (Lipinski definition) is 13. The number of nitrogen functional groups attached to an aromatic ring is 1. The molecule has 0 radical (unpaired) electrons. The Balaban J connectivity index is 1.73. The molecule has 0 aromatic carbocycles. The predicted molar refractivity (Wildman–Crippen MR) is 130 cm³/mol. The smallest absolute Gasteiger partial charge is 0.423 e. The molecule has 3 heterocycles. The summed E-state index contributed by atoms with van der Waals surface area (Å²) in [5.74, 6) is -1.43. The molecule has 1 saturated heterocycles. The van der Waals surface area contributed by atoms with Crippen LogP contribution in [0.5, 0.6) is 0 Å². The second-order valence-electron chi connectivity index (χ2n) is 8.95. The lowest BCUT2D eigenvalue weighted by molar-refractivity contribution is -0.149. The summed E-state index contributed by atoms with van der Waals surface area (Å²) < 4.78 is 15.7. The first-order valence-corrected chi connectivity index (χ1v) is 12.6. The van der Waals surface area contributed by atoms with Gasteiger partial charge in [0.2, 0.25) is 5.88 Å². The fraction of sp³-hybridized carbons (Fsp3) is 0.524. The predicted octanol–water partition coefficient (Wildman–Crippen LogP) is 1.32. The van der Waals surface area contributed by atoms with Crippen LogP contribution in [0.15, 0.2) is 22.0 Å². The van der Waals surface area contributed by atoms with E-state index in [4.69, 9.17) is 19.9 Å². The lowest BCUT2D eigenvalue weighted by Gasteiger charge is -2.49. The summed E-state index contributed by atoms with van der Waals surface area (Å²) in [4.78, 5) is 55.6. The van der Waals surface area contributed by atoms with Crippen molar-refractivity contribution >= 4 is 57.7 Å². The highest BCUT2D eigenvalue weighted by Crippen LogP contribution is 2.41. The van der Waals surface area contributed by atoms with Gasteiger partial charge in [-0.3, -0.25) is 19.3 Å². The minimum atomic E-state index is -1.15. The van der Waals surface area contributed by atoms with Crippen LogP contribution < -0.4 is 11.1 Å². The summed E-state index contributed by atoms with van der Waals surface area (Å²) in [6, 6.07) is -0.990. The topological polar surface area (TPSA) is 183 Å². The van der Waals surface area contributed by atoms with Crippen molar-refractivity contribution in [1.82, 2.24) is 15.2 Å². The molecule has 1 aromatic rings. The first kappa shape index (κ1) is 27.4. The van der Waals surface area contributed by atoms with Gasteiger partial charge in [-0.1, -0.05) is 25.9 Å². The van der Waals surface area contributed by atoms with Crippen molar-refractivity contribution in [3.8, 4) is 0 Å². The lowest BCUT2D eigenvalue weighted by atomic mass is 9.88. The number of thiazole rings is 1. The van der Waals surface area contributed by atoms with Crippen molar-refractivity contribution in [2.45, 2.75) is 45.2 Å². The molecule has 0 bridgehead atoms. The first-order chi connectivity index (χ1) is 16.9. The highest BCUT2D eigenvalue weighted by Gasteiger charge is 2.54. The number of oxime groups is 1. The van der Waals surface area contributed by atoms with Crippen LogP contribution in [0, 0.1) is 5.41 Å². The first-order valence-electron chi connectivity index (χ1n) is 10.7. The number of thioether (sulfide) groups is 1. The van der Waals surface area contributed by atoms with E-state index in [1.54, 1.807) is 20.8 Å². The minimum absolute atomic E-state index is 0.0606. The fourth-order valence-corrected chi connectivity index (χ4v) is 5.38. The van der Waals surface area contributed by atoms with Crippen LogP contribution in [0.3, 0.4) is 0 Å². The Bertz CT molecular complexity index is 1130. The molecule has 4 N–H and O–H groups in total. The highest BCUT2D eigenvalue weighted by atomic mass is 32.2. The van der Waals surface area contributed by atoms with E-state index in [0.717, 1.165) is 11.3 Å². The van der Waals surface area contributed by atoms with Crippen LogP contribution in [0.4, 0.5) is 9.93 Å². The number of methoxy groups -OCH3 is 1. The normalized spacial score (nSPS) is 20.9. The number of nitrogens with zero attached hydrogens (tertiary/aromatic N) is 3. The monoisotopic (exact) mass is 541 g/mol. The van der Waals surface area contributed by atoms with Crippen molar-refractivity contribution in [2.24, 2.45) is 10.6 Å². The Morgan fingerprint density at radius 3 is 2.64 bits per heavy atom. The van der Waals surface area contributed by atoms with E-state index in [9.17, 15) is 24.4 Å². The van der Waals surface area contributed by atoms with Gasteiger partial charge in [-0.15, -0.1) is 23.1 Å². The van der Waals surface area contributed by atoms with Gasteiger partial charge < -0.3 is 30.5 Å². The maximum absolute atomic E-state index is 13.0. The van der Waals surface area contributed by atoms with Crippen molar-refractivity contribution in [2.75, 3.05) is 25.2 Å². The number of nitrogens with one attached hydrogen (secondary N) is 1. The minimum Gasteiger partial charge on any atom is -0.423 e. The van der Waals surface area contributed by atoms with E-state index in [2.05, 4.69) is 15.5 Å². The number of β-lactam (4-membered cyclic amide) rings is 1. The number of rotatable bonds is 8. The van der Waals surface area contributed by atoms with Gasteiger partial charge >= 0.3 is 6.16 Å². The van der Waals surface area contributed by atoms with Crippen LogP contribution >= 0.6 is 23.1 Å². The molecule has 196 valence electrons. The summed E-state index contributed by atoms with van der Waals surface area (Å²) in [6.45, 7) is 6.62. The highest BCUT2D eigenvalue weighted by molar-refractivity contribution is 8.00. The number of amides is 2. The van der Waals surface area contributed by atoms with Crippen LogP contribution in [0.2, 0.25) is 0 Å². The third kappa shape index (κ3) is 5.63. The number of ether oxygens (including phenoxy) is 3. The maximum atomic E-state index is 13.0. The van der Waals surface area contributed by atoms with Crippen LogP contribution in [0.25, 0.3) is 0 Å². The second kappa shape index (κ2) is 10.8. The average molecular weight is 542 g/mol. The number of carbonyl (C=O) groups is 4. The quantitative estimate of drug-likeness (QED) is 0.142. The van der Waals surface area contributed by atoms with Gasteiger partial charge in [0.1, 0.15) is 17.1 Å². The molecule has 0 saturated carbocycles. The van der Waals surface area contributed by atoms with E-state index < -0.39 is 46.6 Å². The third-order valence-corrected chi connectivity index (χ3v) is 7.25. The Kier molecular flexibility index (Phi) is 8.26. The Hall–Kier alpha value is -3.17. The van der Waals surface area contributed by atoms with E-state index >= 15 is 0 Å². The molecule has 3 rings (SSSR count). The van der Waals surface area contributed by atoms with E-state index in [0.29, 0.717) is 11.3 Å². The van der Waals surface area contributed by atoms with Gasteiger partial charge in [0.15, 0.2) is 22.7 Å². The van der Waals surface area contributed by atoms with Gasteiger partial charge in [0, 0.05) is 29.2 Å². The summed E-state index contributed by atoms with van der Waals surface area (Å²) in [6.07, 6.45) is -2.21. The number of anilines is 1. The summed E-state index contributed by atoms with van der Waals surface area (Å²) in [5, 5.41) is 15.8. The number of fused-ring (bicyclic) bond motifs is 1. The van der Waals surface area contributed by atoms with Crippen LogP contribution in [0.1, 0.15) is 33.4 Å². The number of carbonyl (C=O) groups excluding carboxylic acids is 4. The molecule has 0 aliphatic carbocycles. The van der Waals surface area contributed by atoms with Gasteiger partial charge in [0.05, 0.1) is 6.61 Å². The van der Waals surface area contributed by atoms with E-state index in [1.807, 2.05) is 0 Å². The molecular formula is C21H27N5O8S2. The van der Waals surface area contributed by atoms with Gasteiger partial charge in [-0.05, 0) is 6.92 Å². The zero-order chi connectivity index (χ0) is 26.8. The SMILES string of the molecule is COCC1=C(OC(=O)OC(C)C(=O)C(C)(C)C)N2C(=O)C(NC(=O)/C(=N\O)c3csc(N)n3)[C@@H]2SC1. The van der Waals surface area contributed by atoms with E-state index in [-0.39, 0.29) is 29.1 Å². The molecule has 13 nitrogen and oxygen atoms in total. The largest absolute Gasteiger partial charge is 0.515 e.